The van der Waals surface area contributed by atoms with Gasteiger partial charge < -0.3 is 4.74 Å². The van der Waals surface area contributed by atoms with Gasteiger partial charge >= 0.3 is 5.97 Å². The maximum absolute atomic E-state index is 11.1. The fraction of sp³-hybridized carbons (Fsp3) is 0.800. The molecule has 0 saturated heterocycles. The predicted molar refractivity (Wildman–Crippen MR) is 52.0 cm³/mol. The third-order valence-corrected chi connectivity index (χ3v) is 1.87. The number of ether oxygens (including phenoxy) is 1. The van der Waals surface area contributed by atoms with Crippen LogP contribution in [-0.4, -0.2) is 23.8 Å². The van der Waals surface area contributed by atoms with Gasteiger partial charge in [-0.25, -0.2) is 4.79 Å². The zero-order valence-electron chi connectivity index (χ0n) is 8.54. The number of nitrogens with zero attached hydrogens (tertiary/aromatic N) is 1. The van der Waals surface area contributed by atoms with Crippen LogP contribution < -0.4 is 0 Å². The first kappa shape index (κ1) is 10.2. The minimum atomic E-state index is -0.414. The Kier molecular flexibility index (Phi) is 3.07. The van der Waals surface area contributed by atoms with Gasteiger partial charge in [0.15, 0.2) is 0 Å². The SMILES string of the molecule is CC(C)(C)OC(=O)C=NC1CCC1. The third kappa shape index (κ3) is 4.06. The minimum absolute atomic E-state index is 0.334. The lowest BCUT2D eigenvalue weighted by atomic mass is 9.94. The van der Waals surface area contributed by atoms with Gasteiger partial charge in [-0.05, 0) is 40.0 Å². The molecule has 0 aromatic carbocycles. The van der Waals surface area contributed by atoms with E-state index in [0.717, 1.165) is 12.8 Å². The normalized spacial score (nSPS) is 18.7. The topological polar surface area (TPSA) is 38.7 Å². The van der Waals surface area contributed by atoms with Gasteiger partial charge in [-0.3, -0.25) is 4.99 Å². The second-order valence-corrected chi connectivity index (χ2v) is 4.40. The third-order valence-electron chi connectivity index (χ3n) is 1.87. The van der Waals surface area contributed by atoms with Crippen molar-refractivity contribution in [2.45, 2.75) is 51.7 Å². The van der Waals surface area contributed by atoms with Crippen molar-refractivity contribution < 1.29 is 9.53 Å². The molecular weight excluding hydrogens is 166 g/mol. The van der Waals surface area contributed by atoms with Gasteiger partial charge in [0.25, 0.3) is 0 Å². The van der Waals surface area contributed by atoms with Crippen LogP contribution in [-0.2, 0) is 9.53 Å². The number of rotatable bonds is 2. The van der Waals surface area contributed by atoms with Crippen LogP contribution in [0.2, 0.25) is 0 Å². The Morgan fingerprint density at radius 1 is 1.46 bits per heavy atom. The van der Waals surface area contributed by atoms with E-state index in [1.54, 1.807) is 0 Å². The van der Waals surface area contributed by atoms with E-state index in [4.69, 9.17) is 4.74 Å². The molecule has 0 heterocycles. The molecule has 0 aromatic rings. The first-order chi connectivity index (χ1) is 5.97. The Morgan fingerprint density at radius 2 is 2.08 bits per heavy atom. The number of carbonyl (C=O) groups excluding carboxylic acids is 1. The molecule has 3 heteroatoms. The van der Waals surface area contributed by atoms with Gasteiger partial charge in [-0.2, -0.15) is 0 Å². The molecule has 1 saturated carbocycles. The van der Waals surface area contributed by atoms with Crippen LogP contribution in [0.1, 0.15) is 40.0 Å². The van der Waals surface area contributed by atoms with E-state index < -0.39 is 5.60 Å². The Hall–Kier alpha value is -0.860. The monoisotopic (exact) mass is 183 g/mol. The Labute approximate surface area is 79.2 Å². The van der Waals surface area contributed by atoms with Crippen LogP contribution >= 0.6 is 0 Å². The average molecular weight is 183 g/mol. The molecule has 13 heavy (non-hydrogen) atoms. The van der Waals surface area contributed by atoms with E-state index in [-0.39, 0.29) is 5.97 Å². The van der Waals surface area contributed by atoms with Crippen molar-refractivity contribution >= 4 is 12.2 Å². The quantitative estimate of drug-likeness (QED) is 0.485. The van der Waals surface area contributed by atoms with Gasteiger partial charge in [-0.1, -0.05) is 0 Å². The molecule has 74 valence electrons. The maximum Gasteiger partial charge on any atom is 0.349 e. The molecule has 3 nitrogen and oxygen atoms in total. The molecular formula is C10H17NO2. The van der Waals surface area contributed by atoms with Crippen LogP contribution in [0.3, 0.4) is 0 Å². The van der Waals surface area contributed by atoms with E-state index in [1.165, 1.54) is 12.6 Å². The van der Waals surface area contributed by atoms with E-state index in [0.29, 0.717) is 6.04 Å². The molecule has 0 spiro atoms. The summed E-state index contributed by atoms with van der Waals surface area (Å²) in [4.78, 5) is 15.2. The summed E-state index contributed by atoms with van der Waals surface area (Å²) >= 11 is 0. The van der Waals surface area contributed by atoms with Crippen LogP contribution in [0, 0.1) is 0 Å². The highest BCUT2D eigenvalue weighted by Gasteiger charge is 2.17. The molecule has 1 fully saturated rings. The lowest BCUT2D eigenvalue weighted by Crippen LogP contribution is -2.25. The summed E-state index contributed by atoms with van der Waals surface area (Å²) in [5.41, 5.74) is -0.414. The van der Waals surface area contributed by atoms with Crippen LogP contribution in [0.15, 0.2) is 4.99 Å². The largest absolute Gasteiger partial charge is 0.456 e. The Balaban J connectivity index is 2.27. The standard InChI is InChI=1S/C10H17NO2/c1-10(2,3)13-9(12)7-11-8-5-4-6-8/h7-8H,4-6H2,1-3H3. The highest BCUT2D eigenvalue weighted by atomic mass is 16.6. The Bertz CT molecular complexity index is 211. The fourth-order valence-electron chi connectivity index (χ4n) is 1.03. The zero-order valence-corrected chi connectivity index (χ0v) is 8.54. The van der Waals surface area contributed by atoms with Crippen molar-refractivity contribution in [3.05, 3.63) is 0 Å². The summed E-state index contributed by atoms with van der Waals surface area (Å²) in [7, 11) is 0. The van der Waals surface area contributed by atoms with Gasteiger partial charge in [0.05, 0.1) is 6.04 Å². The van der Waals surface area contributed by atoms with Gasteiger partial charge in [0.1, 0.15) is 11.8 Å². The summed E-state index contributed by atoms with van der Waals surface area (Å²) in [6.07, 6.45) is 4.77. The second-order valence-electron chi connectivity index (χ2n) is 4.40. The van der Waals surface area contributed by atoms with E-state index in [2.05, 4.69) is 4.99 Å². The molecule has 0 amide bonds. The molecule has 0 atom stereocenters. The highest BCUT2D eigenvalue weighted by molar-refractivity contribution is 6.23. The second kappa shape index (κ2) is 3.90. The Morgan fingerprint density at radius 3 is 2.46 bits per heavy atom. The molecule has 1 aliphatic rings. The molecule has 1 rings (SSSR count). The average Bonchev–Trinajstić information content (AvgIpc) is 1.78. The predicted octanol–water partition coefficient (Wildman–Crippen LogP) is 1.95. The van der Waals surface area contributed by atoms with Crippen molar-refractivity contribution in [2.75, 3.05) is 0 Å². The number of aliphatic imine (C=N–C) groups is 1. The van der Waals surface area contributed by atoms with E-state index >= 15 is 0 Å². The first-order valence-corrected chi connectivity index (χ1v) is 4.73. The van der Waals surface area contributed by atoms with Gasteiger partial charge in [0, 0.05) is 0 Å². The van der Waals surface area contributed by atoms with Crippen LogP contribution in [0.5, 0.6) is 0 Å². The molecule has 0 N–H and O–H groups in total. The number of carbonyl (C=O) groups is 1. The fourth-order valence-corrected chi connectivity index (χ4v) is 1.03. The van der Waals surface area contributed by atoms with Crippen molar-refractivity contribution in [1.82, 2.24) is 0 Å². The summed E-state index contributed by atoms with van der Waals surface area (Å²) in [5, 5.41) is 0. The van der Waals surface area contributed by atoms with Crippen LogP contribution in [0.25, 0.3) is 0 Å². The molecule has 0 aromatic heterocycles. The van der Waals surface area contributed by atoms with Crippen molar-refractivity contribution in [1.29, 1.82) is 0 Å². The minimum Gasteiger partial charge on any atom is -0.456 e. The number of hydrogen-bond donors (Lipinski definition) is 0. The summed E-state index contributed by atoms with van der Waals surface area (Å²) in [6.45, 7) is 5.55. The summed E-state index contributed by atoms with van der Waals surface area (Å²) in [6, 6.07) is 0.368. The number of hydrogen-bond acceptors (Lipinski definition) is 3. The van der Waals surface area contributed by atoms with Gasteiger partial charge in [0.2, 0.25) is 0 Å². The van der Waals surface area contributed by atoms with Crippen molar-refractivity contribution in [3.8, 4) is 0 Å². The summed E-state index contributed by atoms with van der Waals surface area (Å²) < 4.78 is 5.07. The zero-order chi connectivity index (χ0) is 9.90. The molecule has 0 unspecified atom stereocenters. The summed E-state index contributed by atoms with van der Waals surface area (Å²) in [5.74, 6) is -0.334. The lowest BCUT2D eigenvalue weighted by Gasteiger charge is -2.21. The lowest BCUT2D eigenvalue weighted by molar-refractivity contribution is -0.145. The molecule has 0 bridgehead atoms. The molecule has 1 aliphatic carbocycles. The van der Waals surface area contributed by atoms with E-state index in [9.17, 15) is 4.79 Å². The number of esters is 1. The maximum atomic E-state index is 11.1. The van der Waals surface area contributed by atoms with Crippen molar-refractivity contribution in [2.24, 2.45) is 4.99 Å². The smallest absolute Gasteiger partial charge is 0.349 e. The van der Waals surface area contributed by atoms with Gasteiger partial charge in [-0.15, -0.1) is 0 Å². The van der Waals surface area contributed by atoms with Crippen molar-refractivity contribution in [3.63, 3.8) is 0 Å². The molecule has 0 aliphatic heterocycles. The first-order valence-electron chi connectivity index (χ1n) is 4.73. The van der Waals surface area contributed by atoms with E-state index in [1.807, 2.05) is 20.8 Å². The van der Waals surface area contributed by atoms with Crippen LogP contribution in [0.4, 0.5) is 0 Å². The molecule has 0 radical (unpaired) electrons. The highest BCUT2D eigenvalue weighted by Crippen LogP contribution is 2.21.